The van der Waals surface area contributed by atoms with E-state index in [9.17, 15) is 14.0 Å². The highest BCUT2D eigenvalue weighted by Gasteiger charge is 2.38. The average molecular weight is 388 g/mol. The predicted octanol–water partition coefficient (Wildman–Crippen LogP) is 2.67. The van der Waals surface area contributed by atoms with Crippen molar-refractivity contribution >= 4 is 27.8 Å². The van der Waals surface area contributed by atoms with E-state index in [4.69, 9.17) is 14.3 Å². The maximum Gasteiger partial charge on any atom is 0.377 e. The Balaban J connectivity index is 2.13. The summed E-state index contributed by atoms with van der Waals surface area (Å²) in [5, 5.41) is 1.01. The van der Waals surface area contributed by atoms with Crippen LogP contribution in [0.15, 0.2) is 34.5 Å². The van der Waals surface area contributed by atoms with E-state index in [-0.39, 0.29) is 16.8 Å². The highest BCUT2D eigenvalue weighted by molar-refractivity contribution is 9.10. The largest absolute Gasteiger partial charge is 0.445 e. The molecule has 0 unspecified atom stereocenters. The van der Waals surface area contributed by atoms with Gasteiger partial charge in [0.1, 0.15) is 5.82 Å². The van der Waals surface area contributed by atoms with Gasteiger partial charge in [0.15, 0.2) is 0 Å². The molecule has 0 atom stereocenters. The zero-order chi connectivity index (χ0) is 17.2. The lowest BCUT2D eigenvalue weighted by molar-refractivity contribution is -0.173. The molecule has 0 saturated carbocycles. The molecule has 1 amide bonds. The van der Waals surface area contributed by atoms with Crippen LogP contribution in [0.3, 0.4) is 0 Å². The smallest absolute Gasteiger partial charge is 0.377 e. The summed E-state index contributed by atoms with van der Waals surface area (Å²) in [4.78, 5) is 28.8. The van der Waals surface area contributed by atoms with Gasteiger partial charge < -0.3 is 9.47 Å². The number of carbonyl (C=O) groups is 2. The Kier molecular flexibility index (Phi) is 5.06. The minimum absolute atomic E-state index is 0.0659. The fraction of sp³-hybridized carbons (Fsp3) is 0.333. The van der Waals surface area contributed by atoms with Crippen molar-refractivity contribution in [1.29, 1.82) is 0 Å². The van der Waals surface area contributed by atoms with Crippen molar-refractivity contribution in [2.75, 3.05) is 7.11 Å². The van der Waals surface area contributed by atoms with Crippen LogP contribution in [-0.4, -0.2) is 29.8 Å². The van der Waals surface area contributed by atoms with Crippen molar-refractivity contribution < 1.29 is 28.3 Å². The molecule has 1 aliphatic rings. The molecule has 1 fully saturated rings. The average Bonchev–Trinajstić information content (AvgIpc) is 2.72. The molecule has 1 aromatic rings. The molecule has 1 saturated heterocycles. The van der Waals surface area contributed by atoms with Gasteiger partial charge in [-0.3, -0.25) is 9.63 Å². The molecule has 2 rings (SSSR count). The van der Waals surface area contributed by atoms with Crippen molar-refractivity contribution in [3.63, 3.8) is 0 Å². The van der Waals surface area contributed by atoms with E-state index < -0.39 is 23.5 Å². The number of nitrogens with zero attached hydrogens (tertiary/aromatic N) is 1. The molecular weight excluding hydrogens is 373 g/mol. The Bertz CT molecular complexity index is 674. The lowest BCUT2D eigenvalue weighted by atomic mass is 10.2. The molecule has 0 bridgehead atoms. The molecule has 0 spiro atoms. The van der Waals surface area contributed by atoms with Gasteiger partial charge in [-0.1, -0.05) is 6.07 Å². The molecule has 8 heteroatoms. The summed E-state index contributed by atoms with van der Waals surface area (Å²) in [6, 6.07) is 4.33. The van der Waals surface area contributed by atoms with Crippen LogP contribution < -0.4 is 0 Å². The molecule has 0 radical (unpaired) electrons. The van der Waals surface area contributed by atoms with Gasteiger partial charge in [0.25, 0.3) is 5.91 Å². The summed E-state index contributed by atoms with van der Waals surface area (Å²) < 4.78 is 23.7. The molecule has 1 heterocycles. The van der Waals surface area contributed by atoms with Crippen LogP contribution in [0.1, 0.15) is 19.4 Å². The Hall–Kier alpha value is -1.93. The lowest BCUT2D eigenvalue weighted by Gasteiger charge is -2.18. The van der Waals surface area contributed by atoms with Crippen molar-refractivity contribution in [1.82, 2.24) is 5.06 Å². The van der Waals surface area contributed by atoms with Gasteiger partial charge in [0, 0.05) is 13.8 Å². The summed E-state index contributed by atoms with van der Waals surface area (Å²) >= 11 is 3.07. The van der Waals surface area contributed by atoms with Crippen molar-refractivity contribution in [3.8, 4) is 0 Å². The fourth-order valence-corrected chi connectivity index (χ4v) is 2.34. The Morgan fingerprint density at radius 2 is 2.13 bits per heavy atom. The first-order chi connectivity index (χ1) is 10.7. The van der Waals surface area contributed by atoms with Crippen LogP contribution in [-0.2, 0) is 30.4 Å². The normalized spacial score (nSPS) is 17.8. The number of hydrogen-bond donors (Lipinski definition) is 0. The van der Waals surface area contributed by atoms with E-state index in [1.165, 1.54) is 25.3 Å². The quantitative estimate of drug-likeness (QED) is 0.451. The van der Waals surface area contributed by atoms with Crippen LogP contribution >= 0.6 is 15.9 Å². The van der Waals surface area contributed by atoms with Crippen LogP contribution in [0.4, 0.5) is 4.39 Å². The second-order valence-corrected chi connectivity index (χ2v) is 6.06. The van der Waals surface area contributed by atoms with E-state index in [0.717, 1.165) is 11.1 Å². The summed E-state index contributed by atoms with van der Waals surface area (Å²) in [7, 11) is 1.31. The maximum atomic E-state index is 13.2. The van der Waals surface area contributed by atoms with Crippen molar-refractivity contribution in [2.45, 2.75) is 26.2 Å². The van der Waals surface area contributed by atoms with Gasteiger partial charge in [-0.05, 0) is 33.6 Å². The molecule has 0 aliphatic carbocycles. The third-order valence-corrected chi connectivity index (χ3v) is 3.53. The molecule has 6 nitrogen and oxygen atoms in total. The van der Waals surface area contributed by atoms with Crippen LogP contribution in [0, 0.1) is 5.82 Å². The third-order valence-electron chi connectivity index (χ3n) is 2.93. The minimum atomic E-state index is -1.11. The van der Waals surface area contributed by atoms with E-state index in [0.29, 0.717) is 5.56 Å². The van der Waals surface area contributed by atoms with Gasteiger partial charge >= 0.3 is 5.97 Å². The zero-order valence-electron chi connectivity index (χ0n) is 12.8. The van der Waals surface area contributed by atoms with Gasteiger partial charge in [-0.2, -0.15) is 0 Å². The van der Waals surface area contributed by atoms with E-state index in [1.54, 1.807) is 13.8 Å². The number of hydrogen-bond acceptors (Lipinski definition) is 5. The predicted molar refractivity (Wildman–Crippen MR) is 81.0 cm³/mol. The Labute approximate surface area is 140 Å². The van der Waals surface area contributed by atoms with E-state index in [2.05, 4.69) is 15.9 Å². The molecular formula is C15H15BrFNO5. The highest BCUT2D eigenvalue weighted by Crippen LogP contribution is 2.26. The second-order valence-electron chi connectivity index (χ2n) is 5.21. The van der Waals surface area contributed by atoms with E-state index in [1.807, 2.05) is 0 Å². The van der Waals surface area contributed by atoms with Gasteiger partial charge in [-0.25, -0.2) is 14.2 Å². The summed E-state index contributed by atoms with van der Waals surface area (Å²) in [6.07, 6.45) is 0.999. The Morgan fingerprint density at radius 1 is 1.43 bits per heavy atom. The molecule has 0 aromatic heterocycles. The molecule has 23 heavy (non-hydrogen) atoms. The number of ether oxygens (including phenoxy) is 2. The van der Waals surface area contributed by atoms with Crippen LogP contribution in [0.2, 0.25) is 0 Å². The highest BCUT2D eigenvalue weighted by atomic mass is 79.9. The third kappa shape index (κ3) is 4.29. The second kappa shape index (κ2) is 6.67. The number of esters is 1. The van der Waals surface area contributed by atoms with Gasteiger partial charge in [-0.15, -0.1) is 0 Å². The first-order valence-electron chi connectivity index (χ1n) is 6.65. The van der Waals surface area contributed by atoms with E-state index >= 15 is 0 Å². The number of halogens is 2. The van der Waals surface area contributed by atoms with Crippen molar-refractivity contribution in [3.05, 3.63) is 45.9 Å². The number of benzene rings is 1. The first kappa shape index (κ1) is 17.4. The molecule has 124 valence electrons. The molecule has 1 aliphatic heterocycles. The summed E-state index contributed by atoms with van der Waals surface area (Å²) in [6.45, 7) is 3.18. The fourth-order valence-electron chi connectivity index (χ4n) is 1.91. The summed E-state index contributed by atoms with van der Waals surface area (Å²) in [5.41, 5.74) is 0.641. The molecule has 1 aromatic carbocycles. The number of hydroxylamine groups is 2. The monoisotopic (exact) mass is 387 g/mol. The number of carbonyl (C=O) groups excluding carboxylic acids is 2. The van der Waals surface area contributed by atoms with Gasteiger partial charge in [0.2, 0.25) is 11.5 Å². The summed E-state index contributed by atoms with van der Waals surface area (Å²) in [5.74, 6) is -3.03. The SMILES string of the molecule is CON(Cc1ccc(F)c(Br)c1)C(=O)/C=C1/OC(C)(C)OC1=O. The van der Waals surface area contributed by atoms with Crippen molar-refractivity contribution in [2.24, 2.45) is 0 Å². The number of cyclic esters (lactones) is 1. The Morgan fingerprint density at radius 3 is 2.65 bits per heavy atom. The lowest BCUT2D eigenvalue weighted by Crippen LogP contribution is -2.28. The maximum absolute atomic E-state index is 13.2. The number of rotatable bonds is 4. The van der Waals surface area contributed by atoms with Gasteiger partial charge in [0.05, 0.1) is 24.2 Å². The molecule has 0 N–H and O–H groups in total. The van der Waals surface area contributed by atoms with Crippen LogP contribution in [0.25, 0.3) is 0 Å². The topological polar surface area (TPSA) is 65.1 Å². The number of amides is 1. The standard InChI is InChI=1S/C15H15BrFNO5/c1-15(2)22-12(14(20)23-15)7-13(19)18(21-3)8-9-4-5-11(17)10(16)6-9/h4-7H,8H2,1-3H3/b12-7+. The first-order valence-corrected chi connectivity index (χ1v) is 7.45. The minimum Gasteiger partial charge on any atom is -0.445 e. The zero-order valence-corrected chi connectivity index (χ0v) is 14.3. The van der Waals surface area contributed by atoms with Crippen LogP contribution in [0.5, 0.6) is 0 Å².